The van der Waals surface area contributed by atoms with Gasteiger partial charge in [0.15, 0.2) is 0 Å². The van der Waals surface area contributed by atoms with Crippen molar-refractivity contribution in [2.75, 3.05) is 16.8 Å². The summed E-state index contributed by atoms with van der Waals surface area (Å²) in [6.07, 6.45) is 0. The molecule has 1 amide bonds. The van der Waals surface area contributed by atoms with Gasteiger partial charge in [0, 0.05) is 6.07 Å². The molecule has 0 fully saturated rings. The standard InChI is InChI=1S/C10H9F2N5OS/c11-5-1-2-6(12)7(3-5)14-8(18)4-19-10-15-9(13)16-17-10/h1-3H,4H2,(H,14,18)(H3,13,15,16,17). The number of nitrogen functional groups attached to an aromatic ring is 1. The second-order valence-electron chi connectivity index (χ2n) is 3.46. The van der Waals surface area contributed by atoms with E-state index in [1.165, 1.54) is 0 Å². The molecule has 0 aliphatic heterocycles. The normalized spacial score (nSPS) is 10.4. The quantitative estimate of drug-likeness (QED) is 0.738. The van der Waals surface area contributed by atoms with Crippen molar-refractivity contribution in [3.8, 4) is 0 Å². The Hall–Kier alpha value is -2.16. The smallest absolute Gasteiger partial charge is 0.234 e. The van der Waals surface area contributed by atoms with E-state index in [0.29, 0.717) is 5.16 Å². The summed E-state index contributed by atoms with van der Waals surface area (Å²) < 4.78 is 26.2. The van der Waals surface area contributed by atoms with Crippen molar-refractivity contribution in [3.05, 3.63) is 29.8 Å². The number of carbonyl (C=O) groups excluding carboxylic acids is 1. The summed E-state index contributed by atoms with van der Waals surface area (Å²) in [5.41, 5.74) is 5.10. The Labute approximate surface area is 110 Å². The third kappa shape index (κ3) is 3.65. The first kappa shape index (κ1) is 13.3. The molecule has 1 heterocycles. The Morgan fingerprint density at radius 3 is 2.95 bits per heavy atom. The van der Waals surface area contributed by atoms with Crippen LogP contribution >= 0.6 is 11.8 Å². The van der Waals surface area contributed by atoms with Crippen LogP contribution in [0, 0.1) is 11.6 Å². The molecule has 4 N–H and O–H groups in total. The van der Waals surface area contributed by atoms with Crippen LogP contribution in [0.5, 0.6) is 0 Å². The van der Waals surface area contributed by atoms with Crippen molar-refractivity contribution in [2.24, 2.45) is 0 Å². The molecule has 9 heteroatoms. The lowest BCUT2D eigenvalue weighted by Crippen LogP contribution is -2.15. The molecule has 6 nitrogen and oxygen atoms in total. The van der Waals surface area contributed by atoms with Crippen LogP contribution in [0.15, 0.2) is 23.4 Å². The number of amides is 1. The maximum Gasteiger partial charge on any atom is 0.234 e. The van der Waals surface area contributed by atoms with Gasteiger partial charge >= 0.3 is 0 Å². The number of hydrogen-bond donors (Lipinski definition) is 3. The van der Waals surface area contributed by atoms with Gasteiger partial charge in [-0.05, 0) is 12.1 Å². The first-order valence-electron chi connectivity index (χ1n) is 5.10. The van der Waals surface area contributed by atoms with Gasteiger partial charge < -0.3 is 11.1 Å². The Bertz CT molecular complexity index is 603. The number of anilines is 2. The number of halogens is 2. The van der Waals surface area contributed by atoms with Crippen molar-refractivity contribution in [2.45, 2.75) is 5.16 Å². The minimum Gasteiger partial charge on any atom is -0.368 e. The number of carbonyl (C=O) groups is 1. The molecule has 0 radical (unpaired) electrons. The highest BCUT2D eigenvalue weighted by molar-refractivity contribution is 7.99. The summed E-state index contributed by atoms with van der Waals surface area (Å²) in [6.45, 7) is 0. The molecule has 0 saturated carbocycles. The average molecular weight is 285 g/mol. The zero-order valence-corrected chi connectivity index (χ0v) is 10.3. The van der Waals surface area contributed by atoms with Crippen molar-refractivity contribution < 1.29 is 13.6 Å². The molecule has 0 bridgehead atoms. The Morgan fingerprint density at radius 1 is 1.47 bits per heavy atom. The lowest BCUT2D eigenvalue weighted by Gasteiger charge is -2.05. The van der Waals surface area contributed by atoms with Crippen LogP contribution in [-0.2, 0) is 4.79 Å². The van der Waals surface area contributed by atoms with E-state index < -0.39 is 17.5 Å². The summed E-state index contributed by atoms with van der Waals surface area (Å²) >= 11 is 1.02. The number of nitrogens with two attached hydrogens (primary N) is 1. The molecular weight excluding hydrogens is 276 g/mol. The summed E-state index contributed by atoms with van der Waals surface area (Å²) in [5.74, 6) is -1.75. The molecular formula is C10H9F2N5OS. The highest BCUT2D eigenvalue weighted by atomic mass is 32.2. The van der Waals surface area contributed by atoms with Crippen LogP contribution in [0.1, 0.15) is 0 Å². The molecule has 1 aromatic heterocycles. The van der Waals surface area contributed by atoms with Crippen molar-refractivity contribution >= 4 is 29.3 Å². The van der Waals surface area contributed by atoms with Crippen LogP contribution < -0.4 is 11.1 Å². The van der Waals surface area contributed by atoms with Crippen LogP contribution in [0.2, 0.25) is 0 Å². The summed E-state index contributed by atoms with van der Waals surface area (Å²) in [5, 5.41) is 8.68. The predicted molar refractivity (Wildman–Crippen MR) is 66.5 cm³/mol. The number of nitrogens with zero attached hydrogens (tertiary/aromatic N) is 2. The number of hydrogen-bond acceptors (Lipinski definition) is 5. The van der Waals surface area contributed by atoms with Gasteiger partial charge in [-0.25, -0.2) is 13.9 Å². The van der Waals surface area contributed by atoms with Gasteiger partial charge in [0.05, 0.1) is 11.4 Å². The lowest BCUT2D eigenvalue weighted by molar-refractivity contribution is -0.113. The van der Waals surface area contributed by atoms with Crippen LogP contribution in [0.25, 0.3) is 0 Å². The van der Waals surface area contributed by atoms with Gasteiger partial charge in [-0.15, -0.1) is 5.10 Å². The van der Waals surface area contributed by atoms with Gasteiger partial charge in [0.2, 0.25) is 17.0 Å². The minimum atomic E-state index is -0.707. The molecule has 0 aliphatic carbocycles. The van der Waals surface area contributed by atoms with E-state index in [9.17, 15) is 13.6 Å². The predicted octanol–water partition coefficient (Wildman–Crippen LogP) is 1.40. The molecule has 0 spiro atoms. The molecule has 0 atom stereocenters. The summed E-state index contributed by atoms with van der Waals surface area (Å²) in [7, 11) is 0. The van der Waals surface area contributed by atoms with Crippen LogP contribution in [0.4, 0.5) is 20.4 Å². The van der Waals surface area contributed by atoms with Crippen LogP contribution in [0.3, 0.4) is 0 Å². The molecule has 0 unspecified atom stereocenters. The SMILES string of the molecule is Nc1nc(SCC(=O)Nc2cc(F)ccc2F)n[nH]1. The fourth-order valence-corrected chi connectivity index (χ4v) is 1.84. The van der Waals surface area contributed by atoms with Crippen molar-refractivity contribution in [1.82, 2.24) is 15.2 Å². The number of rotatable bonds is 4. The summed E-state index contributed by atoms with van der Waals surface area (Å²) in [6, 6.07) is 2.81. The largest absolute Gasteiger partial charge is 0.368 e. The molecule has 0 aliphatic rings. The molecule has 19 heavy (non-hydrogen) atoms. The van der Waals surface area contributed by atoms with Gasteiger partial charge in [0.25, 0.3) is 0 Å². The van der Waals surface area contributed by atoms with Gasteiger partial charge in [-0.2, -0.15) is 4.98 Å². The Morgan fingerprint density at radius 2 is 2.26 bits per heavy atom. The third-order valence-electron chi connectivity index (χ3n) is 2.02. The van der Waals surface area contributed by atoms with E-state index in [1.807, 2.05) is 0 Å². The Kier molecular flexibility index (Phi) is 3.95. The average Bonchev–Trinajstić information content (AvgIpc) is 2.77. The van der Waals surface area contributed by atoms with E-state index in [4.69, 9.17) is 5.73 Å². The Balaban J connectivity index is 1.92. The fourth-order valence-electron chi connectivity index (χ4n) is 1.23. The van der Waals surface area contributed by atoms with Crippen LogP contribution in [-0.4, -0.2) is 26.8 Å². The first-order chi connectivity index (χ1) is 9.04. The second-order valence-corrected chi connectivity index (χ2v) is 4.41. The second kappa shape index (κ2) is 5.65. The van der Waals surface area contributed by atoms with Crippen molar-refractivity contribution in [1.29, 1.82) is 0 Å². The third-order valence-corrected chi connectivity index (χ3v) is 2.86. The van der Waals surface area contributed by atoms with E-state index in [1.54, 1.807) is 0 Å². The monoisotopic (exact) mass is 285 g/mol. The molecule has 0 saturated heterocycles. The maximum absolute atomic E-state index is 13.3. The lowest BCUT2D eigenvalue weighted by atomic mass is 10.3. The topological polar surface area (TPSA) is 96.7 Å². The van der Waals surface area contributed by atoms with E-state index in [2.05, 4.69) is 20.5 Å². The fraction of sp³-hybridized carbons (Fsp3) is 0.100. The van der Waals surface area contributed by atoms with Gasteiger partial charge in [-0.1, -0.05) is 11.8 Å². The molecule has 2 aromatic rings. The number of H-pyrrole nitrogens is 1. The first-order valence-corrected chi connectivity index (χ1v) is 6.09. The van der Waals surface area contributed by atoms with E-state index >= 15 is 0 Å². The molecule has 100 valence electrons. The van der Waals surface area contributed by atoms with Gasteiger partial charge in [0.1, 0.15) is 11.6 Å². The number of thioether (sulfide) groups is 1. The highest BCUT2D eigenvalue weighted by Crippen LogP contribution is 2.17. The van der Waals surface area contributed by atoms with Crippen molar-refractivity contribution in [3.63, 3.8) is 0 Å². The highest BCUT2D eigenvalue weighted by Gasteiger charge is 2.10. The number of aromatic nitrogens is 3. The zero-order valence-electron chi connectivity index (χ0n) is 9.48. The maximum atomic E-state index is 13.3. The molecule has 1 aromatic carbocycles. The molecule has 2 rings (SSSR count). The van der Waals surface area contributed by atoms with Gasteiger partial charge in [-0.3, -0.25) is 4.79 Å². The summed E-state index contributed by atoms with van der Waals surface area (Å²) in [4.78, 5) is 15.3. The number of benzene rings is 1. The number of aromatic amines is 1. The number of nitrogens with one attached hydrogen (secondary N) is 2. The zero-order chi connectivity index (χ0) is 13.8. The minimum absolute atomic E-state index is 0.0484. The van der Waals surface area contributed by atoms with E-state index in [-0.39, 0.29) is 17.4 Å². The van der Waals surface area contributed by atoms with E-state index in [0.717, 1.165) is 30.0 Å².